The molecule has 3 heterocycles. The highest BCUT2D eigenvalue weighted by Gasteiger charge is 2.59. The third-order valence-electron chi connectivity index (χ3n) is 8.75. The largest absolute Gasteiger partial charge is 0.493 e. The Morgan fingerprint density at radius 2 is 1.65 bits per heavy atom. The number of fused-ring (bicyclic) bond motifs is 1. The predicted molar refractivity (Wildman–Crippen MR) is 193 cm³/mol. The van der Waals surface area contributed by atoms with Crippen molar-refractivity contribution in [2.75, 3.05) is 17.3 Å². The van der Waals surface area contributed by atoms with Gasteiger partial charge in [-0.15, -0.1) is 11.8 Å². The number of nitrogens with two attached hydrogens (primary N) is 2. The molecule has 4 atom stereocenters. The number of β-lactam (4-membered cyclic amide) rings is 1. The van der Waals surface area contributed by atoms with E-state index in [-0.39, 0.29) is 35.4 Å². The lowest BCUT2D eigenvalue weighted by Gasteiger charge is -2.52. The van der Waals surface area contributed by atoms with Crippen molar-refractivity contribution in [3.63, 3.8) is 0 Å². The van der Waals surface area contributed by atoms with E-state index in [2.05, 4.69) is 9.97 Å². The molecule has 2 aliphatic rings. The number of hydrogen-bond acceptors (Lipinski definition) is 14. The van der Waals surface area contributed by atoms with Gasteiger partial charge in [0.2, 0.25) is 11.8 Å². The molecule has 2 aliphatic heterocycles. The molecule has 5 amide bonds. The molecule has 1 aromatic heterocycles. The summed E-state index contributed by atoms with van der Waals surface area (Å²) in [6, 6.07) is 9.99. The number of amides is 5. The zero-order valence-corrected chi connectivity index (χ0v) is 30.4. The Kier molecular flexibility index (Phi) is 11.6. The number of ether oxygens (including phenoxy) is 1. The van der Waals surface area contributed by atoms with Crippen molar-refractivity contribution in [2.24, 2.45) is 17.4 Å². The third-order valence-corrected chi connectivity index (χ3v) is 10.1. The van der Waals surface area contributed by atoms with E-state index in [9.17, 15) is 43.8 Å². The van der Waals surface area contributed by atoms with Gasteiger partial charge in [-0.1, -0.05) is 44.2 Å². The average Bonchev–Trinajstić information content (AvgIpc) is 3.14. The smallest absolute Gasteiger partial charge is 0.352 e. The van der Waals surface area contributed by atoms with Crippen LogP contribution in [0.2, 0.25) is 0 Å². The molecule has 5 rings (SSSR count). The number of imide groups is 2. The first kappa shape index (κ1) is 39.2. The maximum absolute atomic E-state index is 14.2. The Balaban J connectivity index is 1.47. The topological polar surface area (TPSA) is 257 Å². The van der Waals surface area contributed by atoms with Crippen LogP contribution in [0.15, 0.2) is 72.1 Å². The van der Waals surface area contributed by atoms with Crippen LogP contribution in [0, 0.1) is 5.92 Å². The Bertz CT molecular complexity index is 2060. The number of anilines is 1. The van der Waals surface area contributed by atoms with E-state index in [1.165, 1.54) is 31.2 Å². The summed E-state index contributed by atoms with van der Waals surface area (Å²) in [5, 5.41) is 20.0. The first-order valence-electron chi connectivity index (χ1n) is 16.5. The van der Waals surface area contributed by atoms with E-state index < -0.39 is 82.1 Å². The van der Waals surface area contributed by atoms with Crippen LogP contribution in [-0.4, -0.2) is 101 Å². The number of benzene rings is 2. The lowest BCUT2D eigenvalue weighted by Crippen LogP contribution is -2.72. The van der Waals surface area contributed by atoms with Crippen LogP contribution in [-0.2, 0) is 33.5 Å². The summed E-state index contributed by atoms with van der Waals surface area (Å²) < 4.78 is 4.98. The molecule has 54 heavy (non-hydrogen) atoms. The first-order chi connectivity index (χ1) is 25.5. The van der Waals surface area contributed by atoms with Crippen LogP contribution in [0.25, 0.3) is 11.4 Å². The number of nitrogens with zero attached hydrogens (tertiary/aromatic N) is 5. The van der Waals surface area contributed by atoms with Gasteiger partial charge < -0.3 is 26.4 Å². The minimum atomic E-state index is -1.54. The predicted octanol–water partition coefficient (Wildman–Crippen LogP) is 1.57. The molecule has 0 spiro atoms. The van der Waals surface area contributed by atoms with Crippen molar-refractivity contribution in [3.05, 3.63) is 83.2 Å². The first-order valence-corrected chi connectivity index (χ1v) is 17.6. The number of aromatic hydroxyl groups is 1. The van der Waals surface area contributed by atoms with Crippen LogP contribution >= 0.6 is 11.8 Å². The fourth-order valence-corrected chi connectivity index (χ4v) is 7.21. The molecule has 0 saturated carbocycles. The molecular weight excluding hydrogens is 723 g/mol. The zero-order valence-electron chi connectivity index (χ0n) is 29.5. The molecule has 18 heteroatoms. The number of aliphatic carboxylic acids is 1. The van der Waals surface area contributed by atoms with Gasteiger partial charge in [0.05, 0.1) is 11.7 Å². The highest BCUT2D eigenvalue weighted by molar-refractivity contribution is 8.00. The zero-order chi connectivity index (χ0) is 39.6. The highest BCUT2D eigenvalue weighted by Crippen LogP contribution is 2.43. The highest BCUT2D eigenvalue weighted by atomic mass is 32.2. The fraction of sp³-hybridized carbons (Fsp3) is 0.306. The van der Waals surface area contributed by atoms with Crippen LogP contribution < -0.4 is 16.4 Å². The third kappa shape index (κ3) is 7.57. The van der Waals surface area contributed by atoms with E-state index in [1.807, 2.05) is 0 Å². The summed E-state index contributed by atoms with van der Waals surface area (Å²) in [5.74, 6) is -7.55. The van der Waals surface area contributed by atoms with Gasteiger partial charge in [-0.3, -0.25) is 38.6 Å². The van der Waals surface area contributed by atoms with Gasteiger partial charge in [-0.05, 0) is 35.7 Å². The molecule has 0 bridgehead atoms. The van der Waals surface area contributed by atoms with Crippen LogP contribution in [0.5, 0.6) is 5.88 Å². The standard InChI is InChI=1S/C36H37N7O10S/c1-17(2)25(37)32(48)41(18(3)44)23-12-10-21(11-13-23)29-39-14-24(30(46)40-29)31(47)42(33(49)26(38)20-8-6-5-7-9-20)28-34(50)43-27(36(51)52)22(15-53-19(4)45)16-54-35(28)43/h5-14,17,25-26,28,35H,15-16,37-38H2,1-4H3,(H,51,52)(H,39,40,46)/t25-,26?,28?,35+/m1/s1. The van der Waals surface area contributed by atoms with E-state index >= 15 is 0 Å². The minimum absolute atomic E-state index is 0.00840. The lowest BCUT2D eigenvalue weighted by molar-refractivity contribution is -0.157. The van der Waals surface area contributed by atoms with Gasteiger partial charge in [-0.25, -0.2) is 14.7 Å². The molecule has 1 saturated heterocycles. The van der Waals surface area contributed by atoms with Crippen molar-refractivity contribution < 1.29 is 48.5 Å². The second-order valence-corrected chi connectivity index (χ2v) is 13.8. The summed E-state index contributed by atoms with van der Waals surface area (Å²) in [7, 11) is 0. The summed E-state index contributed by atoms with van der Waals surface area (Å²) in [6.45, 7) is 5.49. The van der Waals surface area contributed by atoms with Gasteiger partial charge >= 0.3 is 11.9 Å². The van der Waals surface area contributed by atoms with Gasteiger partial charge in [0.25, 0.3) is 23.6 Å². The number of carboxylic acids is 1. The maximum atomic E-state index is 14.2. The van der Waals surface area contributed by atoms with E-state index in [0.29, 0.717) is 16.0 Å². The van der Waals surface area contributed by atoms with Gasteiger partial charge in [-0.2, -0.15) is 4.98 Å². The molecule has 0 radical (unpaired) electrons. The van der Waals surface area contributed by atoms with Crippen molar-refractivity contribution in [3.8, 4) is 17.3 Å². The summed E-state index contributed by atoms with van der Waals surface area (Å²) in [4.78, 5) is 102. The molecular formula is C36H37N7O10S. The van der Waals surface area contributed by atoms with Crippen LogP contribution in [0.3, 0.4) is 0 Å². The second-order valence-electron chi connectivity index (χ2n) is 12.7. The fourth-order valence-electron chi connectivity index (χ4n) is 5.83. The molecule has 2 aromatic carbocycles. The van der Waals surface area contributed by atoms with Crippen molar-refractivity contribution in [1.29, 1.82) is 0 Å². The lowest BCUT2D eigenvalue weighted by atomic mass is 9.98. The molecule has 1 fully saturated rings. The molecule has 3 aromatic rings. The number of rotatable bonds is 11. The van der Waals surface area contributed by atoms with Gasteiger partial charge in [0, 0.05) is 36.9 Å². The number of carbonyl (C=O) groups is 7. The Labute approximate surface area is 312 Å². The summed E-state index contributed by atoms with van der Waals surface area (Å²) in [6.07, 6.45) is 0.962. The SMILES string of the molecule is CC(=O)OCC1=C(C(=O)O)N2C(=O)C(N(C(=O)c3cnc(-c4ccc(N(C(C)=O)C(=O)[C@H](N)C(C)C)cc4)nc3O)C(=O)C(N)c3ccccc3)[C@@H]2SC1. The van der Waals surface area contributed by atoms with Crippen molar-refractivity contribution >= 4 is 58.9 Å². The number of carbonyl (C=O) groups excluding carboxylic acids is 6. The molecule has 282 valence electrons. The molecule has 0 aliphatic carbocycles. The van der Waals surface area contributed by atoms with E-state index in [1.54, 1.807) is 44.2 Å². The maximum Gasteiger partial charge on any atom is 0.352 e. The van der Waals surface area contributed by atoms with Crippen LogP contribution in [0.1, 0.15) is 49.7 Å². The normalized spacial score (nSPS) is 17.5. The number of hydrogen-bond donors (Lipinski definition) is 4. The van der Waals surface area contributed by atoms with Crippen molar-refractivity contribution in [2.45, 2.75) is 51.2 Å². The van der Waals surface area contributed by atoms with Crippen LogP contribution in [0.4, 0.5) is 5.69 Å². The van der Waals surface area contributed by atoms with Gasteiger partial charge in [0.15, 0.2) is 5.82 Å². The Hall–Kier alpha value is -5.98. The summed E-state index contributed by atoms with van der Waals surface area (Å²) >= 11 is 1.04. The monoisotopic (exact) mass is 759 g/mol. The van der Waals surface area contributed by atoms with Crippen molar-refractivity contribution in [1.82, 2.24) is 19.8 Å². The minimum Gasteiger partial charge on any atom is -0.493 e. The Morgan fingerprint density at radius 1 is 1.00 bits per heavy atom. The summed E-state index contributed by atoms with van der Waals surface area (Å²) in [5.41, 5.74) is 12.3. The number of thioether (sulfide) groups is 1. The number of esters is 1. The second kappa shape index (κ2) is 15.9. The number of aromatic nitrogens is 2. The van der Waals surface area contributed by atoms with E-state index in [0.717, 1.165) is 34.7 Å². The molecule has 2 unspecified atom stereocenters. The van der Waals surface area contributed by atoms with Gasteiger partial charge in [0.1, 0.15) is 35.3 Å². The number of carboxylic acid groups (broad SMARTS) is 1. The quantitative estimate of drug-likeness (QED) is 0.160. The Morgan fingerprint density at radius 3 is 2.20 bits per heavy atom. The van der Waals surface area contributed by atoms with E-state index in [4.69, 9.17) is 16.2 Å². The molecule has 17 nitrogen and oxygen atoms in total. The average molecular weight is 760 g/mol. The molecule has 6 N–H and O–H groups in total.